The fraction of sp³-hybridized carbons (Fsp3) is 0.588. The molecule has 0 spiro atoms. The van der Waals surface area contributed by atoms with Crippen molar-refractivity contribution in [2.24, 2.45) is 0 Å². The fourth-order valence-electron chi connectivity index (χ4n) is 2.51. The first-order chi connectivity index (χ1) is 13.1. The Morgan fingerprint density at radius 3 is 1.64 bits per heavy atom. The Morgan fingerprint density at radius 1 is 0.821 bits per heavy atom. The summed E-state index contributed by atoms with van der Waals surface area (Å²) in [5.74, 6) is -0.659. The van der Waals surface area contributed by atoms with Crippen molar-refractivity contribution in [3.8, 4) is 0 Å². The zero-order valence-electron chi connectivity index (χ0n) is 15.5. The molecule has 1 amide bonds. The lowest BCUT2D eigenvalue weighted by Gasteiger charge is -2.23. The molecule has 0 atom stereocenters. The van der Waals surface area contributed by atoms with Crippen LogP contribution >= 0.6 is 23.2 Å². The number of carbonyl (C=O) groups excluding carboxylic acids is 1. The average molecular weight is 473 g/mol. The minimum Gasteiger partial charge on any atom is -0.399 e. The van der Waals surface area contributed by atoms with E-state index in [1.807, 2.05) is 0 Å². The lowest BCUT2D eigenvalue weighted by Crippen LogP contribution is -2.35. The topological polar surface area (TPSA) is 115 Å². The Morgan fingerprint density at radius 2 is 1.25 bits per heavy atom. The van der Waals surface area contributed by atoms with Crippen molar-refractivity contribution in [1.29, 1.82) is 0 Å². The SMILES string of the molecule is Nc1ccc(C(=O)N(CCCS(=O)(=O)CCCl)CCCS(=O)(=O)CCCl)cc1. The first kappa shape index (κ1) is 25.0. The van der Waals surface area contributed by atoms with Crippen molar-refractivity contribution >= 4 is 54.5 Å². The zero-order chi connectivity index (χ0) is 21.2. The number of anilines is 1. The van der Waals surface area contributed by atoms with Crippen LogP contribution in [0.25, 0.3) is 0 Å². The predicted octanol–water partition coefficient (Wildman–Crippen LogP) is 1.80. The van der Waals surface area contributed by atoms with Crippen LogP contribution in [-0.2, 0) is 19.7 Å². The smallest absolute Gasteiger partial charge is 0.253 e. The van der Waals surface area contributed by atoms with E-state index in [1.165, 1.54) is 4.90 Å². The summed E-state index contributed by atoms with van der Waals surface area (Å²) in [4.78, 5) is 14.2. The van der Waals surface area contributed by atoms with Crippen molar-refractivity contribution in [3.05, 3.63) is 29.8 Å². The van der Waals surface area contributed by atoms with Gasteiger partial charge in [0.15, 0.2) is 19.7 Å². The number of hydrogen-bond acceptors (Lipinski definition) is 6. The number of alkyl halides is 2. The molecule has 1 aromatic carbocycles. The first-order valence-electron chi connectivity index (χ1n) is 8.78. The van der Waals surface area contributed by atoms with Crippen LogP contribution in [0.15, 0.2) is 24.3 Å². The molecule has 2 N–H and O–H groups in total. The van der Waals surface area contributed by atoms with Gasteiger partial charge in [-0.3, -0.25) is 4.79 Å². The maximum absolute atomic E-state index is 12.8. The van der Waals surface area contributed by atoms with E-state index in [1.54, 1.807) is 24.3 Å². The molecule has 7 nitrogen and oxygen atoms in total. The third kappa shape index (κ3) is 9.45. The number of nitrogen functional groups attached to an aromatic ring is 1. The molecule has 1 aromatic rings. The van der Waals surface area contributed by atoms with Crippen molar-refractivity contribution in [2.75, 3.05) is 53.6 Å². The molecule has 0 heterocycles. The summed E-state index contributed by atoms with van der Waals surface area (Å²) in [7, 11) is -6.54. The molecule has 0 unspecified atom stereocenters. The maximum atomic E-state index is 12.8. The monoisotopic (exact) mass is 472 g/mol. The van der Waals surface area contributed by atoms with Crippen LogP contribution in [0.2, 0.25) is 0 Å². The number of hydrogen-bond donors (Lipinski definition) is 1. The summed E-state index contributed by atoms with van der Waals surface area (Å²) in [6.45, 7) is 0.389. The van der Waals surface area contributed by atoms with Gasteiger partial charge in [0.1, 0.15) is 0 Å². The molecular weight excluding hydrogens is 447 g/mol. The molecule has 0 fully saturated rings. The molecule has 1 rings (SSSR count). The molecule has 0 saturated carbocycles. The normalized spacial score (nSPS) is 12.1. The standard InChI is InChI=1S/C17H26Cl2N2O5S2/c18-7-13-27(23,24)11-1-9-21(10-2-12-28(25,26)14-8-19)17(22)15-3-5-16(20)6-4-15/h3-6H,1-2,7-14,20H2. The van der Waals surface area contributed by atoms with Crippen LogP contribution in [0.5, 0.6) is 0 Å². The van der Waals surface area contributed by atoms with Gasteiger partial charge in [-0.2, -0.15) is 0 Å². The minimum atomic E-state index is -3.27. The number of amides is 1. The van der Waals surface area contributed by atoms with Crippen molar-refractivity contribution in [1.82, 2.24) is 4.90 Å². The third-order valence-corrected chi connectivity index (χ3v) is 8.29. The van der Waals surface area contributed by atoms with Gasteiger partial charge in [0.25, 0.3) is 5.91 Å². The Hall–Kier alpha value is -1.03. The Labute approximate surface area is 177 Å². The van der Waals surface area contributed by atoms with Gasteiger partial charge in [-0.1, -0.05) is 0 Å². The summed E-state index contributed by atoms with van der Waals surface area (Å²) in [6, 6.07) is 6.36. The van der Waals surface area contributed by atoms with Crippen LogP contribution in [0.1, 0.15) is 23.2 Å². The summed E-state index contributed by atoms with van der Waals surface area (Å²) in [6.07, 6.45) is 0.489. The van der Waals surface area contributed by atoms with E-state index in [0.717, 1.165) is 0 Å². The summed E-state index contributed by atoms with van der Waals surface area (Å²) < 4.78 is 47.3. The number of carbonyl (C=O) groups is 1. The highest BCUT2D eigenvalue weighted by Crippen LogP contribution is 2.11. The third-order valence-electron chi connectivity index (χ3n) is 3.99. The number of rotatable bonds is 13. The molecule has 0 aromatic heterocycles. The van der Waals surface area contributed by atoms with Crippen LogP contribution < -0.4 is 5.73 Å². The van der Waals surface area contributed by atoms with E-state index in [0.29, 0.717) is 11.3 Å². The van der Waals surface area contributed by atoms with Crippen molar-refractivity contribution < 1.29 is 21.6 Å². The summed E-state index contributed by atoms with van der Waals surface area (Å²) in [5, 5.41) is 0. The number of nitrogens with two attached hydrogens (primary N) is 1. The van der Waals surface area contributed by atoms with E-state index in [-0.39, 0.29) is 66.6 Å². The minimum absolute atomic E-state index is 0.0227. The highest BCUT2D eigenvalue weighted by molar-refractivity contribution is 7.91. The van der Waals surface area contributed by atoms with E-state index >= 15 is 0 Å². The van der Waals surface area contributed by atoms with Gasteiger partial charge in [-0.25, -0.2) is 16.8 Å². The second-order valence-electron chi connectivity index (χ2n) is 6.30. The molecule has 0 bridgehead atoms. The number of benzene rings is 1. The van der Waals surface area contributed by atoms with Gasteiger partial charge < -0.3 is 10.6 Å². The van der Waals surface area contributed by atoms with Gasteiger partial charge in [-0.15, -0.1) is 23.2 Å². The quantitative estimate of drug-likeness (QED) is 0.345. The number of halogens is 2. The highest BCUT2D eigenvalue weighted by atomic mass is 35.5. The Bertz CT molecular complexity index is 786. The van der Waals surface area contributed by atoms with Crippen molar-refractivity contribution in [2.45, 2.75) is 12.8 Å². The molecule has 0 aliphatic carbocycles. The average Bonchev–Trinajstić information content (AvgIpc) is 2.60. The molecule has 160 valence electrons. The van der Waals surface area contributed by atoms with Gasteiger partial charge in [-0.05, 0) is 37.1 Å². The van der Waals surface area contributed by atoms with Gasteiger partial charge in [0.05, 0.1) is 23.0 Å². The van der Waals surface area contributed by atoms with Gasteiger partial charge in [0, 0.05) is 36.1 Å². The molecule has 0 aliphatic rings. The fourth-order valence-corrected chi connectivity index (χ4v) is 5.94. The van der Waals surface area contributed by atoms with E-state index in [2.05, 4.69) is 0 Å². The molecule has 0 saturated heterocycles. The predicted molar refractivity (Wildman–Crippen MR) is 115 cm³/mol. The Kier molecular flexibility index (Phi) is 10.6. The lowest BCUT2D eigenvalue weighted by atomic mass is 10.1. The zero-order valence-corrected chi connectivity index (χ0v) is 18.7. The Balaban J connectivity index is 2.78. The van der Waals surface area contributed by atoms with Crippen LogP contribution in [-0.4, -0.2) is 75.5 Å². The second kappa shape index (κ2) is 11.8. The van der Waals surface area contributed by atoms with Crippen LogP contribution in [0, 0.1) is 0 Å². The summed E-state index contributed by atoms with van der Waals surface area (Å²) in [5.41, 5.74) is 6.56. The van der Waals surface area contributed by atoms with Gasteiger partial charge >= 0.3 is 0 Å². The van der Waals surface area contributed by atoms with Crippen LogP contribution in [0.4, 0.5) is 5.69 Å². The lowest BCUT2D eigenvalue weighted by molar-refractivity contribution is 0.0756. The van der Waals surface area contributed by atoms with E-state index in [4.69, 9.17) is 28.9 Å². The molecule has 28 heavy (non-hydrogen) atoms. The van der Waals surface area contributed by atoms with E-state index < -0.39 is 19.7 Å². The number of nitrogens with zero attached hydrogens (tertiary/aromatic N) is 1. The van der Waals surface area contributed by atoms with Crippen LogP contribution in [0.3, 0.4) is 0 Å². The molecule has 0 aliphatic heterocycles. The highest BCUT2D eigenvalue weighted by Gasteiger charge is 2.19. The van der Waals surface area contributed by atoms with Gasteiger partial charge in [0.2, 0.25) is 0 Å². The first-order valence-corrected chi connectivity index (χ1v) is 13.5. The molecule has 0 radical (unpaired) electrons. The van der Waals surface area contributed by atoms with Crippen molar-refractivity contribution in [3.63, 3.8) is 0 Å². The largest absolute Gasteiger partial charge is 0.399 e. The molecule has 11 heteroatoms. The number of sulfone groups is 2. The summed E-state index contributed by atoms with van der Waals surface area (Å²) >= 11 is 11.0. The molecular formula is C17H26Cl2N2O5S2. The van der Waals surface area contributed by atoms with E-state index in [9.17, 15) is 21.6 Å². The maximum Gasteiger partial charge on any atom is 0.253 e. The second-order valence-corrected chi connectivity index (χ2v) is 11.7.